The Labute approximate surface area is 110 Å². The molecule has 0 saturated heterocycles. The molecule has 2 N–H and O–H groups in total. The maximum Gasteiger partial charge on any atom is 0.243 e. The van der Waals surface area contributed by atoms with Crippen LogP contribution in [0.4, 0.5) is 0 Å². The van der Waals surface area contributed by atoms with E-state index in [0.29, 0.717) is 6.54 Å². The van der Waals surface area contributed by atoms with Gasteiger partial charge in [-0.2, -0.15) is 0 Å². The van der Waals surface area contributed by atoms with Crippen LogP contribution >= 0.6 is 11.6 Å². The molecule has 0 fully saturated rings. The largest absolute Gasteiger partial charge is 0.356 e. The molecule has 0 aliphatic carbocycles. The maximum atomic E-state index is 11.7. The monoisotopic (exact) mass is 292 g/mol. The Morgan fingerprint density at radius 1 is 1.39 bits per heavy atom. The first-order valence-corrected chi connectivity index (χ1v) is 7.05. The molecule has 0 radical (unpaired) electrons. The van der Waals surface area contributed by atoms with Crippen molar-refractivity contribution in [2.45, 2.75) is 18.2 Å². The average molecular weight is 293 g/mol. The summed E-state index contributed by atoms with van der Waals surface area (Å²) in [6, 6.07) is 0. The number of carbonyl (C=O) groups is 1. The summed E-state index contributed by atoms with van der Waals surface area (Å²) in [5.41, 5.74) is 0. The molecule has 1 rings (SSSR count). The van der Waals surface area contributed by atoms with Crippen LogP contribution in [-0.2, 0) is 14.8 Å². The van der Waals surface area contributed by atoms with Gasteiger partial charge in [-0.25, -0.2) is 23.1 Å². The first-order chi connectivity index (χ1) is 8.45. The second-order valence-electron chi connectivity index (χ2n) is 3.29. The zero-order valence-corrected chi connectivity index (χ0v) is 11.3. The quantitative estimate of drug-likeness (QED) is 0.715. The zero-order chi connectivity index (χ0) is 13.6. The summed E-state index contributed by atoms with van der Waals surface area (Å²) in [6.07, 6.45) is 2.27. The number of hydrogen-bond acceptors (Lipinski definition) is 5. The van der Waals surface area contributed by atoms with Crippen LogP contribution in [0, 0.1) is 0 Å². The molecule has 9 heteroatoms. The van der Waals surface area contributed by atoms with Gasteiger partial charge in [0.25, 0.3) is 0 Å². The Balaban J connectivity index is 2.55. The summed E-state index contributed by atoms with van der Waals surface area (Å²) >= 11 is 5.45. The fourth-order valence-corrected chi connectivity index (χ4v) is 2.13. The molecular weight excluding hydrogens is 280 g/mol. The molecule has 0 bridgehead atoms. The number of nitrogens with one attached hydrogen (secondary N) is 2. The van der Waals surface area contributed by atoms with Crippen LogP contribution < -0.4 is 10.0 Å². The van der Waals surface area contributed by atoms with Crippen molar-refractivity contribution in [2.24, 2.45) is 0 Å². The number of carbonyl (C=O) groups excluding carboxylic acids is 1. The van der Waals surface area contributed by atoms with Crippen LogP contribution in [0.5, 0.6) is 0 Å². The van der Waals surface area contributed by atoms with Gasteiger partial charge in [0.2, 0.25) is 21.2 Å². The lowest BCUT2D eigenvalue weighted by Crippen LogP contribution is -2.30. The van der Waals surface area contributed by atoms with Crippen molar-refractivity contribution in [2.75, 3.05) is 13.1 Å². The summed E-state index contributed by atoms with van der Waals surface area (Å²) in [4.78, 5) is 18.2. The van der Waals surface area contributed by atoms with E-state index >= 15 is 0 Å². The molecule has 1 aromatic heterocycles. The first-order valence-electron chi connectivity index (χ1n) is 5.19. The number of nitrogens with zero attached hydrogens (tertiary/aromatic N) is 2. The summed E-state index contributed by atoms with van der Waals surface area (Å²) in [5.74, 6) is -0.215. The van der Waals surface area contributed by atoms with Crippen molar-refractivity contribution in [1.82, 2.24) is 20.0 Å². The van der Waals surface area contributed by atoms with E-state index in [9.17, 15) is 13.2 Å². The molecule has 0 aromatic carbocycles. The molecule has 7 nitrogen and oxygen atoms in total. The average Bonchev–Trinajstić information content (AvgIpc) is 2.29. The lowest BCUT2D eigenvalue weighted by Gasteiger charge is -2.06. The maximum absolute atomic E-state index is 11.7. The molecule has 18 heavy (non-hydrogen) atoms. The van der Waals surface area contributed by atoms with Gasteiger partial charge in [0.05, 0.1) is 12.4 Å². The van der Waals surface area contributed by atoms with Gasteiger partial charge in [-0.1, -0.05) is 0 Å². The van der Waals surface area contributed by atoms with Crippen LogP contribution in [0.15, 0.2) is 17.3 Å². The minimum atomic E-state index is -3.70. The van der Waals surface area contributed by atoms with Gasteiger partial charge in [-0.05, 0) is 18.5 Å². The van der Waals surface area contributed by atoms with Gasteiger partial charge < -0.3 is 5.32 Å². The van der Waals surface area contributed by atoms with Gasteiger partial charge in [0.1, 0.15) is 4.90 Å². The topological polar surface area (TPSA) is 101 Å². The highest BCUT2D eigenvalue weighted by Gasteiger charge is 2.15. The lowest BCUT2D eigenvalue weighted by molar-refractivity contribution is -0.120. The molecule has 0 saturated carbocycles. The predicted molar refractivity (Wildman–Crippen MR) is 65.5 cm³/mol. The van der Waals surface area contributed by atoms with Crippen molar-refractivity contribution >= 4 is 27.5 Å². The predicted octanol–water partition coefficient (Wildman–Crippen LogP) is -0.0655. The highest BCUT2D eigenvalue weighted by Crippen LogP contribution is 2.07. The van der Waals surface area contributed by atoms with Crippen molar-refractivity contribution < 1.29 is 13.2 Å². The highest BCUT2D eigenvalue weighted by molar-refractivity contribution is 7.89. The third kappa shape index (κ3) is 4.55. The van der Waals surface area contributed by atoms with E-state index < -0.39 is 10.0 Å². The van der Waals surface area contributed by atoms with E-state index in [1.165, 1.54) is 0 Å². The fourth-order valence-electron chi connectivity index (χ4n) is 1.11. The third-order valence-corrected chi connectivity index (χ3v) is 3.54. The fraction of sp³-hybridized carbons (Fsp3) is 0.444. The van der Waals surface area contributed by atoms with E-state index in [0.717, 1.165) is 12.4 Å². The van der Waals surface area contributed by atoms with Gasteiger partial charge in [0, 0.05) is 19.5 Å². The van der Waals surface area contributed by atoms with E-state index in [1.54, 1.807) is 6.92 Å². The second kappa shape index (κ2) is 6.62. The van der Waals surface area contributed by atoms with E-state index in [4.69, 9.17) is 11.6 Å². The highest BCUT2D eigenvalue weighted by atomic mass is 35.5. The summed E-state index contributed by atoms with van der Waals surface area (Å²) in [7, 11) is -3.70. The minimum Gasteiger partial charge on any atom is -0.356 e. The van der Waals surface area contributed by atoms with Gasteiger partial charge in [-0.3, -0.25) is 4.79 Å². The smallest absolute Gasteiger partial charge is 0.243 e. The standard InChI is InChI=1S/C9H13ClN4O3S/c1-2-11-8(15)3-4-14-18(16,17)7-5-12-9(10)13-6-7/h5-6,14H,2-4H2,1H3,(H,11,15). The molecule has 1 amide bonds. The molecule has 0 unspecified atom stereocenters. The Kier molecular flexibility index (Phi) is 5.45. The minimum absolute atomic E-state index is 0.0107. The van der Waals surface area contributed by atoms with Crippen LogP contribution in [0.1, 0.15) is 13.3 Å². The van der Waals surface area contributed by atoms with Gasteiger partial charge in [0.15, 0.2) is 0 Å². The summed E-state index contributed by atoms with van der Waals surface area (Å²) < 4.78 is 25.7. The number of halogens is 1. The van der Waals surface area contributed by atoms with Crippen LogP contribution in [0.3, 0.4) is 0 Å². The van der Waals surface area contributed by atoms with Crippen molar-refractivity contribution in [3.63, 3.8) is 0 Å². The number of sulfonamides is 1. The number of aromatic nitrogens is 2. The SMILES string of the molecule is CCNC(=O)CCNS(=O)(=O)c1cnc(Cl)nc1. The Hall–Kier alpha value is -1.25. The zero-order valence-electron chi connectivity index (χ0n) is 9.68. The molecule has 1 aromatic rings. The van der Waals surface area contributed by atoms with Crippen molar-refractivity contribution in [3.8, 4) is 0 Å². The lowest BCUT2D eigenvalue weighted by atomic mass is 10.4. The van der Waals surface area contributed by atoms with Crippen molar-refractivity contribution in [1.29, 1.82) is 0 Å². The number of rotatable bonds is 6. The number of hydrogen-bond donors (Lipinski definition) is 2. The molecule has 0 aliphatic heterocycles. The molecule has 100 valence electrons. The van der Waals surface area contributed by atoms with Crippen LogP contribution in [0.2, 0.25) is 5.28 Å². The van der Waals surface area contributed by atoms with E-state index in [-0.39, 0.29) is 29.1 Å². The van der Waals surface area contributed by atoms with Gasteiger partial charge in [-0.15, -0.1) is 0 Å². The Morgan fingerprint density at radius 3 is 2.56 bits per heavy atom. The molecule has 0 atom stereocenters. The third-order valence-electron chi connectivity index (χ3n) is 1.93. The van der Waals surface area contributed by atoms with E-state index in [2.05, 4.69) is 20.0 Å². The molecule has 0 spiro atoms. The normalized spacial score (nSPS) is 11.2. The van der Waals surface area contributed by atoms with E-state index in [1.807, 2.05) is 0 Å². The summed E-state index contributed by atoms with van der Waals surface area (Å²) in [6.45, 7) is 2.31. The Bertz CT molecular complexity index is 503. The van der Waals surface area contributed by atoms with Crippen LogP contribution in [-0.4, -0.2) is 37.4 Å². The molecule has 0 aliphatic rings. The molecular formula is C9H13ClN4O3S. The summed E-state index contributed by atoms with van der Waals surface area (Å²) in [5, 5.41) is 2.53. The van der Waals surface area contributed by atoms with Gasteiger partial charge >= 0.3 is 0 Å². The molecule has 1 heterocycles. The van der Waals surface area contributed by atoms with Crippen molar-refractivity contribution in [3.05, 3.63) is 17.7 Å². The van der Waals surface area contributed by atoms with Crippen LogP contribution in [0.25, 0.3) is 0 Å². The Morgan fingerprint density at radius 2 is 2.00 bits per heavy atom. The number of amides is 1. The first kappa shape index (κ1) is 14.8. The second-order valence-corrected chi connectivity index (χ2v) is 5.39.